The number of hydrogen-bond donors (Lipinski definition) is 1. The highest BCUT2D eigenvalue weighted by atomic mass is 16.3. The average molecular weight is 210 g/mol. The van der Waals surface area contributed by atoms with E-state index in [0.29, 0.717) is 0 Å². The van der Waals surface area contributed by atoms with E-state index in [1.54, 1.807) is 18.7 Å². The summed E-state index contributed by atoms with van der Waals surface area (Å²) in [5.41, 5.74) is 9.43. The van der Waals surface area contributed by atoms with E-state index in [1.165, 1.54) is 0 Å². The smallest absolute Gasteiger partial charge is 0.141 e. The lowest BCUT2D eigenvalue weighted by molar-refractivity contribution is 0.617. The van der Waals surface area contributed by atoms with Gasteiger partial charge < -0.3 is 10.2 Å². The first kappa shape index (κ1) is 8.97. The largest absolute Gasteiger partial charge is 0.464 e. The first-order valence-corrected chi connectivity index (χ1v) is 5.02. The first-order valence-electron chi connectivity index (χ1n) is 5.02. The van der Waals surface area contributed by atoms with Gasteiger partial charge in [-0.3, -0.25) is 4.98 Å². The summed E-state index contributed by atoms with van der Waals surface area (Å²) in [5, 5.41) is 1.01. The van der Waals surface area contributed by atoms with Crippen LogP contribution in [-0.4, -0.2) is 4.98 Å². The van der Waals surface area contributed by atoms with Crippen molar-refractivity contribution in [2.45, 2.75) is 0 Å². The fraction of sp³-hybridized carbons (Fsp3) is 0. The maximum atomic E-state index is 5.86. The van der Waals surface area contributed by atoms with Crippen LogP contribution in [0.25, 0.3) is 22.1 Å². The quantitative estimate of drug-likeness (QED) is 0.628. The van der Waals surface area contributed by atoms with Gasteiger partial charge in [0.1, 0.15) is 5.58 Å². The van der Waals surface area contributed by atoms with E-state index in [1.807, 2.05) is 30.3 Å². The average Bonchev–Trinajstić information content (AvgIpc) is 2.77. The van der Waals surface area contributed by atoms with Crippen LogP contribution in [0.5, 0.6) is 0 Å². The molecule has 0 aliphatic rings. The minimum Gasteiger partial charge on any atom is -0.464 e. The van der Waals surface area contributed by atoms with Gasteiger partial charge in [-0.05, 0) is 24.3 Å². The van der Waals surface area contributed by atoms with Crippen LogP contribution in [-0.2, 0) is 0 Å². The van der Waals surface area contributed by atoms with Crippen molar-refractivity contribution in [1.29, 1.82) is 0 Å². The Morgan fingerprint density at radius 3 is 2.94 bits per heavy atom. The van der Waals surface area contributed by atoms with E-state index in [2.05, 4.69) is 4.98 Å². The zero-order valence-electron chi connectivity index (χ0n) is 8.55. The Hall–Kier alpha value is -2.29. The van der Waals surface area contributed by atoms with Crippen LogP contribution >= 0.6 is 0 Å². The second-order valence-electron chi connectivity index (χ2n) is 3.65. The summed E-state index contributed by atoms with van der Waals surface area (Å²) in [6.45, 7) is 0. The molecule has 0 saturated carbocycles. The Kier molecular flexibility index (Phi) is 1.90. The molecule has 2 aromatic heterocycles. The molecule has 0 aliphatic carbocycles. The lowest BCUT2D eigenvalue weighted by atomic mass is 10.0. The van der Waals surface area contributed by atoms with Gasteiger partial charge >= 0.3 is 0 Å². The second kappa shape index (κ2) is 3.38. The van der Waals surface area contributed by atoms with Crippen LogP contribution in [0.3, 0.4) is 0 Å². The standard InChI is InChI=1S/C13H10N2O/c14-11-6-9-3-5-16-13(9)12(7-11)10-2-1-4-15-8-10/h1-8H,14H2. The predicted molar refractivity (Wildman–Crippen MR) is 63.9 cm³/mol. The summed E-state index contributed by atoms with van der Waals surface area (Å²) < 4.78 is 5.48. The summed E-state index contributed by atoms with van der Waals surface area (Å²) in [6, 6.07) is 9.60. The molecule has 3 rings (SSSR count). The molecule has 2 heterocycles. The van der Waals surface area contributed by atoms with Crippen molar-refractivity contribution in [3.63, 3.8) is 0 Å². The molecule has 3 nitrogen and oxygen atoms in total. The molecule has 2 N–H and O–H groups in total. The molecule has 0 unspecified atom stereocenters. The Balaban J connectivity index is 2.34. The number of fused-ring (bicyclic) bond motifs is 1. The van der Waals surface area contributed by atoms with Gasteiger partial charge in [-0.2, -0.15) is 0 Å². The molecule has 0 bridgehead atoms. The maximum Gasteiger partial charge on any atom is 0.141 e. The number of pyridine rings is 1. The monoisotopic (exact) mass is 210 g/mol. The Morgan fingerprint density at radius 1 is 1.19 bits per heavy atom. The highest BCUT2D eigenvalue weighted by Gasteiger charge is 2.07. The van der Waals surface area contributed by atoms with Crippen LogP contribution in [0.4, 0.5) is 5.69 Å². The summed E-state index contributed by atoms with van der Waals surface area (Å²) in [4.78, 5) is 4.10. The van der Waals surface area contributed by atoms with Gasteiger partial charge in [0.25, 0.3) is 0 Å². The fourth-order valence-electron chi connectivity index (χ4n) is 1.84. The Bertz CT molecular complexity index is 629. The van der Waals surface area contributed by atoms with Gasteiger partial charge in [0.2, 0.25) is 0 Å². The van der Waals surface area contributed by atoms with Gasteiger partial charge in [0.05, 0.1) is 6.26 Å². The van der Waals surface area contributed by atoms with Crippen molar-refractivity contribution in [1.82, 2.24) is 4.98 Å². The molecule has 3 heteroatoms. The number of rotatable bonds is 1. The van der Waals surface area contributed by atoms with Crippen molar-refractivity contribution in [3.05, 3.63) is 49.0 Å². The van der Waals surface area contributed by atoms with E-state index < -0.39 is 0 Å². The molecule has 78 valence electrons. The molecule has 3 aromatic rings. The Labute approximate surface area is 92.5 Å². The summed E-state index contributed by atoms with van der Waals surface area (Å²) in [5.74, 6) is 0. The highest BCUT2D eigenvalue weighted by molar-refractivity contribution is 5.94. The maximum absolute atomic E-state index is 5.86. The van der Waals surface area contributed by atoms with E-state index in [9.17, 15) is 0 Å². The summed E-state index contributed by atoms with van der Waals surface area (Å²) >= 11 is 0. The van der Waals surface area contributed by atoms with Gasteiger partial charge in [-0.15, -0.1) is 0 Å². The third-order valence-corrected chi connectivity index (χ3v) is 2.55. The first-order chi connectivity index (χ1) is 7.84. The molecular formula is C13H10N2O. The highest BCUT2D eigenvalue weighted by Crippen LogP contribution is 2.31. The van der Waals surface area contributed by atoms with E-state index in [0.717, 1.165) is 27.8 Å². The number of nitrogens with two attached hydrogens (primary N) is 1. The molecule has 0 amide bonds. The lowest BCUT2D eigenvalue weighted by Crippen LogP contribution is -1.87. The van der Waals surface area contributed by atoms with Crippen LogP contribution < -0.4 is 5.73 Å². The third-order valence-electron chi connectivity index (χ3n) is 2.55. The number of hydrogen-bond acceptors (Lipinski definition) is 3. The number of nitrogens with zero attached hydrogens (tertiary/aromatic N) is 1. The predicted octanol–water partition coefficient (Wildman–Crippen LogP) is 3.08. The van der Waals surface area contributed by atoms with Crippen molar-refractivity contribution in [3.8, 4) is 11.1 Å². The van der Waals surface area contributed by atoms with Crippen molar-refractivity contribution in [2.75, 3.05) is 5.73 Å². The molecular weight excluding hydrogens is 200 g/mol. The van der Waals surface area contributed by atoms with Crippen LogP contribution in [0.15, 0.2) is 53.4 Å². The minimum atomic E-state index is 0.729. The van der Waals surface area contributed by atoms with Crippen molar-refractivity contribution >= 4 is 16.7 Å². The van der Waals surface area contributed by atoms with Crippen LogP contribution in [0.1, 0.15) is 0 Å². The van der Waals surface area contributed by atoms with E-state index in [-0.39, 0.29) is 0 Å². The third kappa shape index (κ3) is 1.34. The molecule has 16 heavy (non-hydrogen) atoms. The van der Waals surface area contributed by atoms with Gasteiger partial charge in [-0.25, -0.2) is 0 Å². The number of nitrogen functional groups attached to an aromatic ring is 1. The topological polar surface area (TPSA) is 52.0 Å². The lowest BCUT2D eigenvalue weighted by Gasteiger charge is -2.03. The zero-order valence-corrected chi connectivity index (χ0v) is 8.55. The molecule has 0 saturated heterocycles. The van der Waals surface area contributed by atoms with Gasteiger partial charge in [-0.1, -0.05) is 6.07 Å². The minimum absolute atomic E-state index is 0.729. The van der Waals surface area contributed by atoms with Crippen molar-refractivity contribution in [2.24, 2.45) is 0 Å². The molecule has 0 aliphatic heterocycles. The van der Waals surface area contributed by atoms with Gasteiger partial charge in [0, 0.05) is 34.6 Å². The molecule has 0 fully saturated rings. The number of anilines is 1. The van der Waals surface area contributed by atoms with E-state index >= 15 is 0 Å². The second-order valence-corrected chi connectivity index (χ2v) is 3.65. The van der Waals surface area contributed by atoms with E-state index in [4.69, 9.17) is 10.2 Å². The number of benzene rings is 1. The summed E-state index contributed by atoms with van der Waals surface area (Å²) in [7, 11) is 0. The molecule has 0 spiro atoms. The van der Waals surface area contributed by atoms with Crippen LogP contribution in [0.2, 0.25) is 0 Å². The zero-order chi connectivity index (χ0) is 11.0. The molecule has 0 radical (unpaired) electrons. The Morgan fingerprint density at radius 2 is 2.12 bits per heavy atom. The molecule has 1 aromatic carbocycles. The normalized spacial score (nSPS) is 10.8. The van der Waals surface area contributed by atoms with Crippen LogP contribution in [0, 0.1) is 0 Å². The van der Waals surface area contributed by atoms with Crippen molar-refractivity contribution < 1.29 is 4.42 Å². The molecule has 0 atom stereocenters. The fourth-order valence-corrected chi connectivity index (χ4v) is 1.84. The summed E-state index contributed by atoms with van der Waals surface area (Å²) in [6.07, 6.45) is 5.22. The SMILES string of the molecule is Nc1cc(-c2cccnc2)c2occc2c1. The number of aromatic nitrogens is 1. The van der Waals surface area contributed by atoms with Gasteiger partial charge in [0.15, 0.2) is 0 Å². The number of furan rings is 1.